The molecule has 0 saturated carbocycles. The van der Waals surface area contributed by atoms with Crippen LogP contribution in [0.15, 0.2) is 4.99 Å². The second kappa shape index (κ2) is 7.04. The van der Waals surface area contributed by atoms with Gasteiger partial charge in [0, 0.05) is 13.1 Å². The second-order valence-electron chi connectivity index (χ2n) is 4.18. The third-order valence-corrected chi connectivity index (χ3v) is 2.63. The van der Waals surface area contributed by atoms with E-state index in [0.29, 0.717) is 19.0 Å². The molecular formula is C12H21N3O2. The molecule has 5 nitrogen and oxygen atoms in total. The molecule has 0 radical (unpaired) electrons. The highest BCUT2D eigenvalue weighted by Crippen LogP contribution is 2.05. The molecule has 96 valence electrons. The Bertz CT molecular complexity index is 313. The van der Waals surface area contributed by atoms with Crippen molar-refractivity contribution in [2.75, 3.05) is 13.1 Å². The molecule has 0 atom stereocenters. The SMILES string of the molecule is CCCCN=C1NC(=O)CC(=O)N1CCCC. The molecule has 0 aromatic rings. The normalized spacial score (nSPS) is 18.7. The molecule has 0 bridgehead atoms. The Morgan fingerprint density at radius 3 is 2.59 bits per heavy atom. The number of nitrogens with zero attached hydrogens (tertiary/aromatic N) is 2. The van der Waals surface area contributed by atoms with E-state index in [1.165, 1.54) is 0 Å². The van der Waals surface area contributed by atoms with Crippen LogP contribution in [-0.4, -0.2) is 35.8 Å². The van der Waals surface area contributed by atoms with Crippen LogP contribution in [0, 0.1) is 0 Å². The van der Waals surface area contributed by atoms with Crippen LogP contribution in [0.5, 0.6) is 0 Å². The molecule has 1 saturated heterocycles. The Balaban J connectivity index is 2.68. The van der Waals surface area contributed by atoms with Gasteiger partial charge in [-0.3, -0.25) is 24.8 Å². The van der Waals surface area contributed by atoms with Crippen LogP contribution in [0.25, 0.3) is 0 Å². The number of hydrogen-bond donors (Lipinski definition) is 1. The zero-order chi connectivity index (χ0) is 12.7. The summed E-state index contributed by atoms with van der Waals surface area (Å²) in [6.45, 7) is 5.45. The van der Waals surface area contributed by atoms with E-state index in [9.17, 15) is 9.59 Å². The van der Waals surface area contributed by atoms with Gasteiger partial charge in [0.2, 0.25) is 17.8 Å². The fraction of sp³-hybridized carbons (Fsp3) is 0.750. The number of rotatable bonds is 6. The van der Waals surface area contributed by atoms with Gasteiger partial charge in [0.25, 0.3) is 0 Å². The van der Waals surface area contributed by atoms with Gasteiger partial charge in [0.15, 0.2) is 0 Å². The Labute approximate surface area is 102 Å². The average Bonchev–Trinajstić information content (AvgIpc) is 2.28. The Kier molecular flexibility index (Phi) is 5.66. The van der Waals surface area contributed by atoms with Crippen LogP contribution < -0.4 is 5.32 Å². The minimum absolute atomic E-state index is 0.0590. The van der Waals surface area contributed by atoms with Crippen LogP contribution in [0.1, 0.15) is 46.0 Å². The van der Waals surface area contributed by atoms with Gasteiger partial charge >= 0.3 is 0 Å². The third-order valence-electron chi connectivity index (χ3n) is 2.63. The molecule has 0 aromatic heterocycles. The second-order valence-corrected chi connectivity index (χ2v) is 4.18. The first kappa shape index (κ1) is 13.7. The van der Waals surface area contributed by atoms with Crippen molar-refractivity contribution in [1.29, 1.82) is 0 Å². The van der Waals surface area contributed by atoms with Crippen LogP contribution >= 0.6 is 0 Å². The van der Waals surface area contributed by atoms with Gasteiger partial charge in [-0.05, 0) is 12.8 Å². The summed E-state index contributed by atoms with van der Waals surface area (Å²) in [7, 11) is 0. The van der Waals surface area contributed by atoms with Gasteiger partial charge in [0.1, 0.15) is 6.42 Å². The van der Waals surface area contributed by atoms with Crippen LogP contribution in [0.2, 0.25) is 0 Å². The van der Waals surface area contributed by atoms with E-state index in [4.69, 9.17) is 0 Å². The number of hydrogen-bond acceptors (Lipinski definition) is 3. The lowest BCUT2D eigenvalue weighted by molar-refractivity contribution is -0.135. The third kappa shape index (κ3) is 4.17. The molecule has 1 N–H and O–H groups in total. The van der Waals surface area contributed by atoms with E-state index in [0.717, 1.165) is 25.7 Å². The van der Waals surface area contributed by atoms with Crippen molar-refractivity contribution in [3.05, 3.63) is 0 Å². The van der Waals surface area contributed by atoms with Crippen molar-refractivity contribution < 1.29 is 9.59 Å². The van der Waals surface area contributed by atoms with Crippen molar-refractivity contribution in [3.63, 3.8) is 0 Å². The minimum Gasteiger partial charge on any atom is -0.296 e. The average molecular weight is 239 g/mol. The lowest BCUT2D eigenvalue weighted by Gasteiger charge is -2.28. The number of nitrogens with one attached hydrogen (secondary N) is 1. The monoisotopic (exact) mass is 239 g/mol. The first-order valence-electron chi connectivity index (χ1n) is 6.33. The maximum Gasteiger partial charge on any atom is 0.238 e. The molecule has 17 heavy (non-hydrogen) atoms. The molecule has 1 aliphatic heterocycles. The number of unbranched alkanes of at least 4 members (excludes halogenated alkanes) is 2. The van der Waals surface area contributed by atoms with E-state index in [1.807, 2.05) is 0 Å². The maximum atomic E-state index is 11.7. The highest BCUT2D eigenvalue weighted by molar-refractivity contribution is 6.15. The number of carbonyl (C=O) groups is 2. The smallest absolute Gasteiger partial charge is 0.238 e. The molecule has 5 heteroatoms. The van der Waals surface area contributed by atoms with Gasteiger partial charge in [-0.1, -0.05) is 26.7 Å². The summed E-state index contributed by atoms with van der Waals surface area (Å²) < 4.78 is 0. The molecule has 0 unspecified atom stereocenters. The maximum absolute atomic E-state index is 11.7. The number of aliphatic imine (C=N–C) groups is 1. The molecule has 1 heterocycles. The van der Waals surface area contributed by atoms with Crippen molar-refractivity contribution in [1.82, 2.24) is 10.2 Å². The molecule has 0 spiro atoms. The zero-order valence-electron chi connectivity index (χ0n) is 10.7. The summed E-state index contributed by atoms with van der Waals surface area (Å²) in [5.74, 6) is 0.0450. The largest absolute Gasteiger partial charge is 0.296 e. The van der Waals surface area contributed by atoms with E-state index < -0.39 is 0 Å². The van der Waals surface area contributed by atoms with Crippen LogP contribution in [0.3, 0.4) is 0 Å². The van der Waals surface area contributed by atoms with Gasteiger partial charge in [-0.25, -0.2) is 0 Å². The Morgan fingerprint density at radius 2 is 1.94 bits per heavy atom. The molecule has 0 aliphatic carbocycles. The van der Waals surface area contributed by atoms with E-state index in [-0.39, 0.29) is 18.2 Å². The summed E-state index contributed by atoms with van der Waals surface area (Å²) in [6, 6.07) is 0. The topological polar surface area (TPSA) is 61.8 Å². The molecule has 1 rings (SSSR count). The molecule has 2 amide bonds. The summed E-state index contributed by atoms with van der Waals surface area (Å²) >= 11 is 0. The summed E-state index contributed by atoms with van der Waals surface area (Å²) in [4.78, 5) is 28.9. The van der Waals surface area contributed by atoms with Crippen molar-refractivity contribution in [2.24, 2.45) is 4.99 Å². The van der Waals surface area contributed by atoms with Gasteiger partial charge < -0.3 is 0 Å². The molecular weight excluding hydrogens is 218 g/mol. The molecule has 1 fully saturated rings. The van der Waals surface area contributed by atoms with Gasteiger partial charge in [-0.2, -0.15) is 0 Å². The molecule has 0 aromatic carbocycles. The van der Waals surface area contributed by atoms with Gasteiger partial charge in [-0.15, -0.1) is 0 Å². The van der Waals surface area contributed by atoms with E-state index in [1.54, 1.807) is 4.90 Å². The summed E-state index contributed by atoms with van der Waals surface area (Å²) in [6.07, 6.45) is 3.90. The van der Waals surface area contributed by atoms with Crippen molar-refractivity contribution >= 4 is 17.8 Å². The highest BCUT2D eigenvalue weighted by atomic mass is 16.2. The first-order chi connectivity index (χ1) is 8.19. The summed E-state index contributed by atoms with van der Waals surface area (Å²) in [5.41, 5.74) is 0. The predicted octanol–water partition coefficient (Wildman–Crippen LogP) is 1.29. The van der Waals surface area contributed by atoms with Crippen molar-refractivity contribution in [3.8, 4) is 0 Å². The number of guanidine groups is 1. The predicted molar refractivity (Wildman–Crippen MR) is 66.6 cm³/mol. The minimum atomic E-state index is -0.252. The van der Waals surface area contributed by atoms with E-state index >= 15 is 0 Å². The zero-order valence-corrected chi connectivity index (χ0v) is 10.7. The standard InChI is InChI=1S/C12H21N3O2/c1-3-5-7-13-12-14-10(16)9-11(17)15(12)8-6-4-2/h3-9H2,1-2H3,(H,13,14,16). The highest BCUT2D eigenvalue weighted by Gasteiger charge is 2.28. The Hall–Kier alpha value is -1.39. The van der Waals surface area contributed by atoms with Gasteiger partial charge in [0.05, 0.1) is 0 Å². The van der Waals surface area contributed by atoms with Crippen LogP contribution in [0.4, 0.5) is 0 Å². The molecule has 1 aliphatic rings. The number of amides is 2. The van der Waals surface area contributed by atoms with E-state index in [2.05, 4.69) is 24.2 Å². The lowest BCUT2D eigenvalue weighted by Crippen LogP contribution is -2.53. The van der Waals surface area contributed by atoms with Crippen molar-refractivity contribution in [2.45, 2.75) is 46.0 Å². The number of carbonyl (C=O) groups excluding carboxylic acids is 2. The quantitative estimate of drug-likeness (QED) is 0.561. The Morgan fingerprint density at radius 1 is 1.24 bits per heavy atom. The first-order valence-corrected chi connectivity index (χ1v) is 6.33. The fourth-order valence-electron chi connectivity index (χ4n) is 1.60. The fourth-order valence-corrected chi connectivity index (χ4v) is 1.60. The summed E-state index contributed by atoms with van der Waals surface area (Å²) in [5, 5.41) is 2.68. The van der Waals surface area contributed by atoms with Crippen LogP contribution in [-0.2, 0) is 9.59 Å². The lowest BCUT2D eigenvalue weighted by atomic mass is 10.2.